The number of nitrogens with two attached hydrogens (primary N) is 1. The normalized spacial score (nSPS) is 33.5. The molecule has 5 nitrogen and oxygen atoms in total. The molecular formula is C15H25N3O2. The van der Waals surface area contributed by atoms with Crippen LogP contribution in [0.1, 0.15) is 37.7 Å². The van der Waals surface area contributed by atoms with Gasteiger partial charge in [0.1, 0.15) is 5.69 Å². The summed E-state index contributed by atoms with van der Waals surface area (Å²) in [6, 6.07) is 0.00532. The van der Waals surface area contributed by atoms with Crippen molar-refractivity contribution in [2.24, 2.45) is 17.1 Å². The van der Waals surface area contributed by atoms with Crippen LogP contribution in [0.5, 0.6) is 0 Å². The smallest absolute Gasteiger partial charge is 0.106 e. The van der Waals surface area contributed by atoms with Crippen LogP contribution in [0, 0.1) is 18.3 Å². The third kappa shape index (κ3) is 2.25. The maximum atomic E-state index is 10.6. The number of hydrogen-bond acceptors (Lipinski definition) is 4. The number of aromatic nitrogens is 2. The van der Waals surface area contributed by atoms with Crippen molar-refractivity contribution in [3.05, 3.63) is 24.3 Å². The highest BCUT2D eigenvalue weighted by molar-refractivity contribution is 5.58. The Morgan fingerprint density at radius 2 is 2.35 bits per heavy atom. The molecule has 1 saturated carbocycles. The largest absolute Gasteiger partial charge is 0.397 e. The molecule has 1 unspecified atom stereocenters. The highest BCUT2D eigenvalue weighted by atomic mass is 16.5. The van der Waals surface area contributed by atoms with Gasteiger partial charge in [-0.05, 0) is 24.7 Å². The molecule has 2 rings (SSSR count). The second-order valence-corrected chi connectivity index (χ2v) is 6.25. The maximum absolute atomic E-state index is 10.6. The SMILES string of the molecule is C=C(N)c1ncn([C@@H]2CC(C)(COC)[C@@H](C)[C@H]2O)c1C. The molecule has 0 amide bonds. The van der Waals surface area contributed by atoms with Gasteiger partial charge >= 0.3 is 0 Å². The second kappa shape index (κ2) is 5.22. The van der Waals surface area contributed by atoms with E-state index in [1.807, 2.05) is 11.5 Å². The Hall–Kier alpha value is -1.33. The highest BCUT2D eigenvalue weighted by Gasteiger charge is 2.48. The summed E-state index contributed by atoms with van der Waals surface area (Å²) in [7, 11) is 1.71. The molecule has 5 heteroatoms. The van der Waals surface area contributed by atoms with Crippen molar-refractivity contribution in [1.82, 2.24) is 9.55 Å². The van der Waals surface area contributed by atoms with Crippen LogP contribution in [0.3, 0.4) is 0 Å². The van der Waals surface area contributed by atoms with Gasteiger partial charge in [0, 0.05) is 12.8 Å². The lowest BCUT2D eigenvalue weighted by Crippen LogP contribution is -2.30. The number of ether oxygens (including phenoxy) is 1. The Bertz CT molecular complexity index is 511. The van der Waals surface area contributed by atoms with Crippen molar-refractivity contribution in [3.63, 3.8) is 0 Å². The first-order valence-electron chi connectivity index (χ1n) is 6.97. The minimum absolute atomic E-state index is 0.00532. The summed E-state index contributed by atoms with van der Waals surface area (Å²) in [6.45, 7) is 10.6. The molecular weight excluding hydrogens is 254 g/mol. The van der Waals surface area contributed by atoms with Crippen LogP contribution in [0.4, 0.5) is 0 Å². The lowest BCUT2D eigenvalue weighted by Gasteiger charge is -2.28. The summed E-state index contributed by atoms with van der Waals surface area (Å²) < 4.78 is 7.36. The molecule has 4 atom stereocenters. The summed E-state index contributed by atoms with van der Waals surface area (Å²) in [5.41, 5.74) is 7.83. The van der Waals surface area contributed by atoms with Crippen molar-refractivity contribution < 1.29 is 9.84 Å². The van der Waals surface area contributed by atoms with Gasteiger partial charge in [-0.25, -0.2) is 4.98 Å². The number of imidazole rings is 1. The zero-order valence-corrected chi connectivity index (χ0v) is 12.8. The number of methoxy groups -OCH3 is 1. The van der Waals surface area contributed by atoms with Gasteiger partial charge in [0.25, 0.3) is 0 Å². The zero-order valence-electron chi connectivity index (χ0n) is 12.8. The van der Waals surface area contributed by atoms with E-state index in [0.717, 1.165) is 12.1 Å². The first-order valence-corrected chi connectivity index (χ1v) is 6.97. The molecule has 3 N–H and O–H groups in total. The molecule has 1 aromatic heterocycles. The topological polar surface area (TPSA) is 73.3 Å². The Morgan fingerprint density at radius 1 is 1.70 bits per heavy atom. The third-order valence-corrected chi connectivity index (χ3v) is 4.86. The second-order valence-electron chi connectivity index (χ2n) is 6.25. The van der Waals surface area contributed by atoms with E-state index in [-0.39, 0.29) is 17.4 Å². The van der Waals surface area contributed by atoms with Gasteiger partial charge in [-0.3, -0.25) is 0 Å². The average Bonchev–Trinajstić information content (AvgIpc) is 2.85. The first-order chi connectivity index (χ1) is 9.31. The third-order valence-electron chi connectivity index (χ3n) is 4.86. The minimum atomic E-state index is -0.415. The fourth-order valence-electron chi connectivity index (χ4n) is 3.38. The van der Waals surface area contributed by atoms with E-state index in [1.165, 1.54) is 0 Å². The van der Waals surface area contributed by atoms with Gasteiger partial charge in [-0.2, -0.15) is 0 Å². The van der Waals surface area contributed by atoms with E-state index in [1.54, 1.807) is 13.4 Å². The van der Waals surface area contributed by atoms with Gasteiger partial charge in [0.15, 0.2) is 0 Å². The molecule has 1 aromatic rings. The van der Waals surface area contributed by atoms with Gasteiger partial charge in [-0.15, -0.1) is 0 Å². The van der Waals surface area contributed by atoms with E-state index in [0.29, 0.717) is 18.0 Å². The molecule has 1 fully saturated rings. The van der Waals surface area contributed by atoms with Crippen molar-refractivity contribution >= 4 is 5.70 Å². The van der Waals surface area contributed by atoms with E-state index in [9.17, 15) is 5.11 Å². The molecule has 1 heterocycles. The minimum Gasteiger partial charge on any atom is -0.397 e. The predicted octanol–water partition coefficient (Wildman–Crippen LogP) is 1.72. The molecule has 20 heavy (non-hydrogen) atoms. The van der Waals surface area contributed by atoms with Gasteiger partial charge in [0.05, 0.1) is 30.8 Å². The van der Waals surface area contributed by atoms with Crippen LogP contribution in [-0.2, 0) is 4.74 Å². The van der Waals surface area contributed by atoms with Crippen molar-refractivity contribution in [2.45, 2.75) is 39.3 Å². The Morgan fingerprint density at radius 3 is 2.85 bits per heavy atom. The number of rotatable bonds is 4. The van der Waals surface area contributed by atoms with E-state index in [4.69, 9.17) is 10.5 Å². The number of hydrogen-bond donors (Lipinski definition) is 2. The van der Waals surface area contributed by atoms with E-state index in [2.05, 4.69) is 25.4 Å². The predicted molar refractivity (Wildman–Crippen MR) is 79.0 cm³/mol. The Balaban J connectivity index is 2.33. The van der Waals surface area contributed by atoms with Crippen molar-refractivity contribution in [1.29, 1.82) is 0 Å². The van der Waals surface area contributed by atoms with Gasteiger partial charge < -0.3 is 20.1 Å². The van der Waals surface area contributed by atoms with Crippen molar-refractivity contribution in [3.8, 4) is 0 Å². The molecule has 0 spiro atoms. The molecule has 0 saturated heterocycles. The first kappa shape index (κ1) is 15.1. The fraction of sp³-hybridized carbons (Fsp3) is 0.667. The summed E-state index contributed by atoms with van der Waals surface area (Å²) in [6.07, 6.45) is 2.19. The lowest BCUT2D eigenvalue weighted by atomic mass is 9.81. The molecule has 1 aliphatic rings. The Kier molecular flexibility index (Phi) is 3.93. The molecule has 0 aromatic carbocycles. The summed E-state index contributed by atoms with van der Waals surface area (Å²) >= 11 is 0. The fourth-order valence-corrected chi connectivity index (χ4v) is 3.38. The summed E-state index contributed by atoms with van der Waals surface area (Å²) in [5, 5.41) is 10.6. The lowest BCUT2D eigenvalue weighted by molar-refractivity contribution is 0.0323. The van der Waals surface area contributed by atoms with Crippen LogP contribution < -0.4 is 5.73 Å². The highest BCUT2D eigenvalue weighted by Crippen LogP contribution is 2.49. The van der Waals surface area contributed by atoms with Crippen molar-refractivity contribution in [2.75, 3.05) is 13.7 Å². The standard InChI is InChI=1S/C15H25N3O2/c1-9-14(19)12(6-15(9,4)7-20-5)18-8-17-13(10(2)16)11(18)3/h8-9,12,14,19H,2,6-7,16H2,1,3-5H3/t9-,12+,14+,15?/m0/s1. The monoisotopic (exact) mass is 279 g/mol. The van der Waals surface area contributed by atoms with Crippen LogP contribution >= 0.6 is 0 Å². The summed E-state index contributed by atoms with van der Waals surface area (Å²) in [4.78, 5) is 4.31. The van der Waals surface area contributed by atoms with Gasteiger partial charge in [0.2, 0.25) is 0 Å². The van der Waals surface area contributed by atoms with Gasteiger partial charge in [-0.1, -0.05) is 20.4 Å². The van der Waals surface area contributed by atoms with Crippen LogP contribution in [0.25, 0.3) is 5.70 Å². The number of aliphatic hydroxyl groups excluding tert-OH is 1. The van der Waals surface area contributed by atoms with Crippen LogP contribution in [-0.4, -0.2) is 34.5 Å². The molecule has 0 bridgehead atoms. The molecule has 0 radical (unpaired) electrons. The van der Waals surface area contributed by atoms with Crippen LogP contribution in [0.15, 0.2) is 12.9 Å². The number of aliphatic hydroxyl groups is 1. The van der Waals surface area contributed by atoms with Crippen LogP contribution in [0.2, 0.25) is 0 Å². The molecule has 112 valence electrons. The van der Waals surface area contributed by atoms with E-state index < -0.39 is 6.10 Å². The molecule has 0 aliphatic heterocycles. The maximum Gasteiger partial charge on any atom is 0.106 e. The summed E-state index contributed by atoms with van der Waals surface area (Å²) in [5.74, 6) is 0.166. The number of nitrogens with zero attached hydrogens (tertiary/aromatic N) is 2. The average molecular weight is 279 g/mol. The Labute approximate surface area is 120 Å². The quantitative estimate of drug-likeness (QED) is 0.880. The van der Waals surface area contributed by atoms with E-state index >= 15 is 0 Å². The molecule has 1 aliphatic carbocycles. The zero-order chi connectivity index (χ0) is 15.1.